The van der Waals surface area contributed by atoms with Gasteiger partial charge in [0.05, 0.1) is 11.6 Å². The highest BCUT2D eigenvalue weighted by molar-refractivity contribution is 5.94. The second-order valence-electron chi connectivity index (χ2n) is 2.90. The second kappa shape index (κ2) is 6.06. The molecule has 0 saturated heterocycles. The molecule has 0 aromatic heterocycles. The van der Waals surface area contributed by atoms with Crippen LogP contribution in [0.25, 0.3) is 10.4 Å². The van der Waals surface area contributed by atoms with Gasteiger partial charge in [-0.3, -0.25) is 4.79 Å². The normalized spacial score (nSPS) is 8.69. The molecule has 1 rings (SSSR count). The monoisotopic (exact) mass is 215 g/mol. The first kappa shape index (κ1) is 11.6. The minimum Gasteiger partial charge on any atom is -0.352 e. The van der Waals surface area contributed by atoms with E-state index in [1.54, 1.807) is 24.3 Å². The van der Waals surface area contributed by atoms with E-state index >= 15 is 0 Å². The van der Waals surface area contributed by atoms with E-state index < -0.39 is 0 Å². The lowest BCUT2D eigenvalue weighted by Crippen LogP contribution is -2.25. The average molecular weight is 215 g/mol. The van der Waals surface area contributed by atoms with Crippen molar-refractivity contribution in [3.8, 4) is 6.07 Å². The number of nitriles is 1. The Morgan fingerprint density at radius 1 is 1.50 bits per heavy atom. The maximum Gasteiger partial charge on any atom is 0.251 e. The van der Waals surface area contributed by atoms with Gasteiger partial charge < -0.3 is 5.32 Å². The van der Waals surface area contributed by atoms with Gasteiger partial charge in [-0.1, -0.05) is 5.11 Å². The third-order valence-corrected chi connectivity index (χ3v) is 1.84. The van der Waals surface area contributed by atoms with Crippen molar-refractivity contribution in [3.05, 3.63) is 45.8 Å². The van der Waals surface area contributed by atoms with Crippen molar-refractivity contribution in [1.82, 2.24) is 5.32 Å². The number of carbonyl (C=O) groups is 1. The molecule has 0 atom stereocenters. The molecule has 0 saturated carbocycles. The lowest BCUT2D eigenvalue weighted by molar-refractivity contribution is 0.0955. The molecule has 1 N–H and O–H groups in total. The predicted molar refractivity (Wildman–Crippen MR) is 57.5 cm³/mol. The summed E-state index contributed by atoms with van der Waals surface area (Å²) in [6.07, 6.45) is 0. The van der Waals surface area contributed by atoms with Gasteiger partial charge in [-0.25, -0.2) is 0 Å². The fourth-order valence-corrected chi connectivity index (χ4v) is 1.06. The van der Waals surface area contributed by atoms with Crippen LogP contribution in [0.15, 0.2) is 29.4 Å². The van der Waals surface area contributed by atoms with Crippen LogP contribution < -0.4 is 5.32 Å². The second-order valence-corrected chi connectivity index (χ2v) is 2.90. The molecule has 0 fully saturated rings. The predicted octanol–water partition coefficient (Wildman–Crippen LogP) is 1.60. The molecular weight excluding hydrogens is 206 g/mol. The van der Waals surface area contributed by atoms with Gasteiger partial charge in [0.2, 0.25) is 0 Å². The van der Waals surface area contributed by atoms with Crippen molar-refractivity contribution >= 4 is 5.91 Å². The topological polar surface area (TPSA) is 102 Å². The first-order valence-corrected chi connectivity index (χ1v) is 4.57. The maximum atomic E-state index is 11.5. The van der Waals surface area contributed by atoms with Crippen LogP contribution in [0.3, 0.4) is 0 Å². The zero-order valence-corrected chi connectivity index (χ0v) is 8.42. The van der Waals surface area contributed by atoms with Crippen molar-refractivity contribution in [1.29, 1.82) is 5.26 Å². The Labute approximate surface area is 92.1 Å². The summed E-state index contributed by atoms with van der Waals surface area (Å²) in [5.74, 6) is -0.252. The molecule has 1 aromatic carbocycles. The van der Waals surface area contributed by atoms with E-state index in [-0.39, 0.29) is 12.5 Å². The molecule has 0 aliphatic carbocycles. The van der Waals surface area contributed by atoms with Crippen LogP contribution in [0, 0.1) is 11.3 Å². The number of rotatable bonds is 4. The zero-order valence-electron chi connectivity index (χ0n) is 8.42. The summed E-state index contributed by atoms with van der Waals surface area (Å²) >= 11 is 0. The van der Waals surface area contributed by atoms with Crippen LogP contribution in [0.5, 0.6) is 0 Å². The average Bonchev–Trinajstić information content (AvgIpc) is 2.34. The van der Waals surface area contributed by atoms with Crippen LogP contribution in [0.4, 0.5) is 0 Å². The number of benzene rings is 1. The molecule has 0 bridgehead atoms. The molecule has 0 spiro atoms. The molecule has 0 aliphatic heterocycles. The lowest BCUT2D eigenvalue weighted by atomic mass is 10.1. The van der Waals surface area contributed by atoms with Crippen molar-refractivity contribution < 1.29 is 4.79 Å². The fraction of sp³-hybridized carbons (Fsp3) is 0.200. The first-order valence-electron chi connectivity index (χ1n) is 4.57. The van der Waals surface area contributed by atoms with Gasteiger partial charge in [-0.15, -0.1) is 0 Å². The SMILES string of the molecule is N#Cc1ccc(C(=O)NCCN=[N+]=[N-])cc1. The summed E-state index contributed by atoms with van der Waals surface area (Å²) in [6, 6.07) is 8.25. The summed E-state index contributed by atoms with van der Waals surface area (Å²) in [7, 11) is 0. The van der Waals surface area contributed by atoms with Gasteiger partial charge in [0, 0.05) is 23.6 Å². The molecule has 80 valence electrons. The molecule has 6 heteroatoms. The summed E-state index contributed by atoms with van der Waals surface area (Å²) in [6.45, 7) is 0.515. The molecule has 1 amide bonds. The third kappa shape index (κ3) is 3.33. The highest BCUT2D eigenvalue weighted by atomic mass is 16.1. The molecule has 16 heavy (non-hydrogen) atoms. The number of hydrogen-bond acceptors (Lipinski definition) is 3. The smallest absolute Gasteiger partial charge is 0.251 e. The number of nitrogens with zero attached hydrogens (tertiary/aromatic N) is 4. The number of azide groups is 1. The number of hydrogen-bond donors (Lipinski definition) is 1. The van der Waals surface area contributed by atoms with E-state index in [2.05, 4.69) is 15.3 Å². The third-order valence-electron chi connectivity index (χ3n) is 1.84. The zero-order chi connectivity index (χ0) is 11.8. The van der Waals surface area contributed by atoms with Crippen LogP contribution >= 0.6 is 0 Å². The van der Waals surface area contributed by atoms with Crippen molar-refractivity contribution in [2.24, 2.45) is 5.11 Å². The fourth-order valence-electron chi connectivity index (χ4n) is 1.06. The summed E-state index contributed by atoms with van der Waals surface area (Å²) in [4.78, 5) is 14.0. The van der Waals surface area contributed by atoms with Crippen molar-refractivity contribution in [2.45, 2.75) is 0 Å². The van der Waals surface area contributed by atoms with Gasteiger partial charge >= 0.3 is 0 Å². The molecule has 0 heterocycles. The van der Waals surface area contributed by atoms with Gasteiger partial charge in [0.25, 0.3) is 5.91 Å². The Bertz CT molecular complexity index is 453. The minimum atomic E-state index is -0.252. The Balaban J connectivity index is 2.53. The van der Waals surface area contributed by atoms with Crippen LogP contribution in [0.1, 0.15) is 15.9 Å². The highest BCUT2D eigenvalue weighted by Gasteiger charge is 2.03. The van der Waals surface area contributed by atoms with Crippen LogP contribution in [-0.2, 0) is 0 Å². The standard InChI is InChI=1S/C10H9N5O/c11-7-8-1-3-9(4-2-8)10(16)13-5-6-14-15-12/h1-4H,5-6H2,(H,13,16). The van der Waals surface area contributed by atoms with Gasteiger partial charge in [0.1, 0.15) is 0 Å². The highest BCUT2D eigenvalue weighted by Crippen LogP contribution is 2.02. The van der Waals surface area contributed by atoms with E-state index in [0.29, 0.717) is 17.7 Å². The van der Waals surface area contributed by atoms with Gasteiger partial charge in [0.15, 0.2) is 0 Å². The van der Waals surface area contributed by atoms with E-state index in [0.717, 1.165) is 0 Å². The minimum absolute atomic E-state index is 0.221. The molecule has 6 nitrogen and oxygen atoms in total. The van der Waals surface area contributed by atoms with E-state index in [4.69, 9.17) is 10.8 Å². The number of amides is 1. The largest absolute Gasteiger partial charge is 0.352 e. The Hall–Kier alpha value is -2.51. The molecular formula is C10H9N5O. The van der Waals surface area contributed by atoms with E-state index in [9.17, 15) is 4.79 Å². The van der Waals surface area contributed by atoms with Gasteiger partial charge in [-0.2, -0.15) is 5.26 Å². The summed E-state index contributed by atoms with van der Waals surface area (Å²) in [5, 5.41) is 14.4. The lowest BCUT2D eigenvalue weighted by Gasteiger charge is -2.02. The quantitative estimate of drug-likeness (QED) is 0.357. The molecule has 1 aromatic rings. The molecule has 0 radical (unpaired) electrons. The Morgan fingerprint density at radius 3 is 2.75 bits per heavy atom. The van der Waals surface area contributed by atoms with E-state index in [1.807, 2.05) is 6.07 Å². The van der Waals surface area contributed by atoms with Crippen LogP contribution in [0.2, 0.25) is 0 Å². The molecule has 0 unspecified atom stereocenters. The van der Waals surface area contributed by atoms with Crippen molar-refractivity contribution in [3.63, 3.8) is 0 Å². The van der Waals surface area contributed by atoms with Crippen LogP contribution in [-0.4, -0.2) is 19.0 Å². The summed E-state index contributed by atoms with van der Waals surface area (Å²) < 4.78 is 0. The first-order chi connectivity index (χ1) is 7.77. The summed E-state index contributed by atoms with van der Waals surface area (Å²) in [5.41, 5.74) is 9.00. The van der Waals surface area contributed by atoms with Gasteiger partial charge in [-0.05, 0) is 29.8 Å². The van der Waals surface area contributed by atoms with Crippen molar-refractivity contribution in [2.75, 3.05) is 13.1 Å². The number of carbonyl (C=O) groups excluding carboxylic acids is 1. The Morgan fingerprint density at radius 2 is 2.19 bits per heavy atom. The maximum absolute atomic E-state index is 11.5. The van der Waals surface area contributed by atoms with E-state index in [1.165, 1.54) is 0 Å². The Kier molecular flexibility index (Phi) is 4.38. The molecule has 0 aliphatic rings. The number of nitrogens with one attached hydrogen (secondary N) is 1.